The Morgan fingerprint density at radius 3 is 2.53 bits per heavy atom. The fraction of sp³-hybridized carbons (Fsp3) is 0.923. The highest BCUT2D eigenvalue weighted by atomic mass is 35.5. The molecule has 17 heavy (non-hydrogen) atoms. The molecule has 1 amide bonds. The van der Waals surface area contributed by atoms with E-state index >= 15 is 0 Å². The molecular weight excluding hydrogens is 236 g/mol. The number of hydrogen-bond acceptors (Lipinski definition) is 2. The Morgan fingerprint density at radius 2 is 1.88 bits per heavy atom. The van der Waals surface area contributed by atoms with Gasteiger partial charge in [-0.2, -0.15) is 0 Å². The molecule has 102 valence electrons. The van der Waals surface area contributed by atoms with Crippen LogP contribution >= 0.6 is 12.4 Å². The molecule has 1 fully saturated rings. The van der Waals surface area contributed by atoms with Crippen LogP contribution < -0.4 is 5.32 Å². The molecule has 0 aromatic rings. The van der Waals surface area contributed by atoms with Gasteiger partial charge in [-0.15, -0.1) is 12.4 Å². The van der Waals surface area contributed by atoms with E-state index in [9.17, 15) is 4.79 Å². The number of hydrogen-bond donors (Lipinski definition) is 1. The molecule has 4 heteroatoms. The topological polar surface area (TPSA) is 32.3 Å². The molecule has 3 nitrogen and oxygen atoms in total. The summed E-state index contributed by atoms with van der Waals surface area (Å²) in [6.07, 6.45) is 7.88. The zero-order valence-corrected chi connectivity index (χ0v) is 11.9. The lowest BCUT2D eigenvalue weighted by Gasteiger charge is -2.13. The monoisotopic (exact) mass is 262 g/mol. The average molecular weight is 263 g/mol. The highest BCUT2D eigenvalue weighted by Crippen LogP contribution is 2.07. The Hall–Kier alpha value is -0.280. The van der Waals surface area contributed by atoms with Crippen LogP contribution in [0, 0.1) is 0 Å². The predicted molar refractivity (Wildman–Crippen MR) is 74.7 cm³/mol. The second-order valence-corrected chi connectivity index (χ2v) is 4.71. The van der Waals surface area contributed by atoms with Gasteiger partial charge in [0.1, 0.15) is 0 Å². The Kier molecular flexibility index (Phi) is 10.7. The van der Waals surface area contributed by atoms with Crippen molar-refractivity contribution in [2.75, 3.05) is 26.2 Å². The molecule has 0 atom stereocenters. The Balaban J connectivity index is 0.00000256. The lowest BCUT2D eigenvalue weighted by Crippen LogP contribution is -2.25. The Labute approximate surface area is 112 Å². The molecule has 0 aliphatic carbocycles. The van der Waals surface area contributed by atoms with Gasteiger partial charge >= 0.3 is 0 Å². The number of rotatable bonds is 8. The van der Waals surface area contributed by atoms with Crippen LogP contribution in [0.3, 0.4) is 0 Å². The third kappa shape index (κ3) is 8.44. The lowest BCUT2D eigenvalue weighted by atomic mass is 10.2. The molecule has 1 heterocycles. The van der Waals surface area contributed by atoms with Gasteiger partial charge in [0.2, 0.25) is 5.91 Å². The summed E-state index contributed by atoms with van der Waals surface area (Å²) in [5.74, 6) is 0.225. The largest absolute Gasteiger partial charge is 0.356 e. The summed E-state index contributed by atoms with van der Waals surface area (Å²) >= 11 is 0. The van der Waals surface area contributed by atoms with Crippen molar-refractivity contribution in [1.29, 1.82) is 0 Å². The highest BCUT2D eigenvalue weighted by Gasteiger charge is 2.09. The lowest BCUT2D eigenvalue weighted by molar-refractivity contribution is -0.121. The number of nitrogens with zero attached hydrogens (tertiary/aromatic N) is 1. The van der Waals surface area contributed by atoms with Gasteiger partial charge in [-0.1, -0.05) is 13.3 Å². The van der Waals surface area contributed by atoms with E-state index in [0.717, 1.165) is 25.8 Å². The van der Waals surface area contributed by atoms with Crippen LogP contribution in [-0.4, -0.2) is 37.0 Å². The zero-order valence-electron chi connectivity index (χ0n) is 11.0. The summed E-state index contributed by atoms with van der Waals surface area (Å²) in [4.78, 5) is 13.8. The first-order valence-corrected chi connectivity index (χ1v) is 6.82. The van der Waals surface area contributed by atoms with Crippen LogP contribution in [0.1, 0.15) is 51.9 Å². The first-order chi connectivity index (χ1) is 7.83. The minimum Gasteiger partial charge on any atom is -0.356 e. The molecule has 0 bridgehead atoms. The summed E-state index contributed by atoms with van der Waals surface area (Å²) in [7, 11) is 0. The van der Waals surface area contributed by atoms with Gasteiger partial charge in [0.15, 0.2) is 0 Å². The highest BCUT2D eigenvalue weighted by molar-refractivity contribution is 5.85. The van der Waals surface area contributed by atoms with E-state index < -0.39 is 0 Å². The molecule has 1 aliphatic rings. The standard InChI is InChI=1S/C13H26N2O.ClH/c1-2-3-8-13(16)14-9-4-5-10-15-11-6-7-12-15;/h2-12H2,1H3,(H,14,16);1H. The van der Waals surface area contributed by atoms with Gasteiger partial charge in [0, 0.05) is 13.0 Å². The molecule has 1 rings (SSSR count). The third-order valence-electron chi connectivity index (χ3n) is 3.18. The van der Waals surface area contributed by atoms with Gasteiger partial charge in [0.05, 0.1) is 0 Å². The van der Waals surface area contributed by atoms with Crippen LogP contribution in [0.15, 0.2) is 0 Å². The smallest absolute Gasteiger partial charge is 0.219 e. The number of likely N-dealkylation sites (tertiary alicyclic amines) is 1. The minimum absolute atomic E-state index is 0. The van der Waals surface area contributed by atoms with E-state index in [2.05, 4.69) is 17.1 Å². The van der Waals surface area contributed by atoms with Crippen LogP contribution in [-0.2, 0) is 4.79 Å². The normalized spacial score (nSPS) is 15.6. The quantitative estimate of drug-likeness (QED) is 0.682. The van der Waals surface area contributed by atoms with Gasteiger partial charge in [-0.3, -0.25) is 4.79 Å². The maximum absolute atomic E-state index is 11.3. The van der Waals surface area contributed by atoms with Gasteiger partial charge in [-0.25, -0.2) is 0 Å². The molecule has 1 N–H and O–H groups in total. The number of nitrogens with one attached hydrogen (secondary N) is 1. The van der Waals surface area contributed by atoms with E-state index in [1.165, 1.54) is 38.9 Å². The Bertz CT molecular complexity index is 194. The van der Waals surface area contributed by atoms with Gasteiger partial charge in [-0.05, 0) is 51.7 Å². The summed E-state index contributed by atoms with van der Waals surface area (Å²) in [6.45, 7) is 6.75. The van der Waals surface area contributed by atoms with Crippen molar-refractivity contribution in [3.8, 4) is 0 Å². The molecule has 0 spiro atoms. The SMILES string of the molecule is CCCCC(=O)NCCCCN1CCCC1.Cl. The van der Waals surface area contributed by atoms with Crippen molar-refractivity contribution in [1.82, 2.24) is 10.2 Å². The van der Waals surface area contributed by atoms with Crippen LogP contribution in [0.4, 0.5) is 0 Å². The third-order valence-corrected chi connectivity index (χ3v) is 3.18. The predicted octanol–water partition coefficient (Wildman–Crippen LogP) is 2.59. The van der Waals surface area contributed by atoms with Crippen molar-refractivity contribution in [2.24, 2.45) is 0 Å². The average Bonchev–Trinajstić information content (AvgIpc) is 2.79. The number of unbranched alkanes of at least 4 members (excludes halogenated alkanes) is 2. The maximum atomic E-state index is 11.3. The first-order valence-electron chi connectivity index (χ1n) is 6.82. The maximum Gasteiger partial charge on any atom is 0.219 e. The molecule has 1 aliphatic heterocycles. The van der Waals surface area contributed by atoms with Crippen LogP contribution in [0.5, 0.6) is 0 Å². The van der Waals surface area contributed by atoms with Gasteiger partial charge in [0.25, 0.3) is 0 Å². The molecule has 0 unspecified atom stereocenters. The van der Waals surface area contributed by atoms with Crippen LogP contribution in [0.25, 0.3) is 0 Å². The number of halogens is 1. The first kappa shape index (κ1) is 16.7. The van der Waals surface area contributed by atoms with Gasteiger partial charge < -0.3 is 10.2 Å². The number of carbonyl (C=O) groups excluding carboxylic acids is 1. The molecular formula is C13H27ClN2O. The Morgan fingerprint density at radius 1 is 1.18 bits per heavy atom. The van der Waals surface area contributed by atoms with E-state index in [1.807, 2.05) is 0 Å². The van der Waals surface area contributed by atoms with Crippen LogP contribution in [0.2, 0.25) is 0 Å². The second-order valence-electron chi connectivity index (χ2n) is 4.71. The van der Waals surface area contributed by atoms with Crippen molar-refractivity contribution < 1.29 is 4.79 Å². The summed E-state index contributed by atoms with van der Waals surface area (Å²) in [5.41, 5.74) is 0. The van der Waals surface area contributed by atoms with E-state index in [1.54, 1.807) is 0 Å². The summed E-state index contributed by atoms with van der Waals surface area (Å²) in [5, 5.41) is 2.99. The summed E-state index contributed by atoms with van der Waals surface area (Å²) < 4.78 is 0. The molecule has 0 saturated carbocycles. The van der Waals surface area contributed by atoms with Crippen molar-refractivity contribution in [2.45, 2.75) is 51.9 Å². The van der Waals surface area contributed by atoms with E-state index in [-0.39, 0.29) is 18.3 Å². The molecule has 0 aromatic carbocycles. The molecule has 1 saturated heterocycles. The van der Waals surface area contributed by atoms with E-state index in [0.29, 0.717) is 6.42 Å². The molecule has 0 aromatic heterocycles. The van der Waals surface area contributed by atoms with Crippen molar-refractivity contribution in [3.05, 3.63) is 0 Å². The summed E-state index contributed by atoms with van der Waals surface area (Å²) in [6, 6.07) is 0. The number of amides is 1. The van der Waals surface area contributed by atoms with Crippen molar-refractivity contribution >= 4 is 18.3 Å². The zero-order chi connectivity index (χ0) is 11.6. The minimum atomic E-state index is 0. The molecule has 0 radical (unpaired) electrons. The number of carbonyl (C=O) groups is 1. The fourth-order valence-corrected chi connectivity index (χ4v) is 2.12. The van der Waals surface area contributed by atoms with Crippen molar-refractivity contribution in [3.63, 3.8) is 0 Å². The fourth-order valence-electron chi connectivity index (χ4n) is 2.12. The second kappa shape index (κ2) is 10.8. The van der Waals surface area contributed by atoms with E-state index in [4.69, 9.17) is 0 Å².